The van der Waals surface area contributed by atoms with Crippen LogP contribution in [-0.2, 0) is 0 Å². The summed E-state index contributed by atoms with van der Waals surface area (Å²) in [6.07, 6.45) is 0. The number of hydrogen-bond acceptors (Lipinski definition) is 3. The van der Waals surface area contributed by atoms with Crippen LogP contribution in [0.5, 0.6) is 0 Å². The minimum absolute atomic E-state index is 0.278. The van der Waals surface area contributed by atoms with Gasteiger partial charge in [-0.1, -0.05) is 0 Å². The fourth-order valence-corrected chi connectivity index (χ4v) is 1.15. The van der Waals surface area contributed by atoms with Crippen molar-refractivity contribution in [2.75, 3.05) is 0 Å². The number of nitrogens with zero attached hydrogens (tertiary/aromatic N) is 2. The first-order chi connectivity index (χ1) is 4.24. The first kappa shape index (κ1) is 6.73. The predicted octanol–water partition coefficient (Wildman–Crippen LogP) is 0.809. The summed E-state index contributed by atoms with van der Waals surface area (Å²) in [6, 6.07) is 1.85. The van der Waals surface area contributed by atoms with Crippen molar-refractivity contribution >= 4 is 30.8 Å². The summed E-state index contributed by atoms with van der Waals surface area (Å²) in [5.41, 5.74) is 0.693. The zero-order valence-corrected chi connectivity index (χ0v) is 7.00. The molecular weight excluding hydrogens is 203 g/mol. The summed E-state index contributed by atoms with van der Waals surface area (Å²) < 4.78 is 5.24. The van der Waals surface area contributed by atoms with Gasteiger partial charge < -0.3 is 4.42 Å². The molecule has 0 saturated carbocycles. The molecule has 0 N–H and O–H groups in total. The molecule has 0 bridgehead atoms. The maximum atomic E-state index is 8.32. The van der Waals surface area contributed by atoms with Crippen molar-refractivity contribution in [3.05, 3.63) is 10.4 Å². The first-order valence-electron chi connectivity index (χ1n) is 2.06. The molecule has 1 rings (SSSR count). The molecule has 0 spiro atoms. The number of rotatable bonds is 0. The largest absolute Gasteiger partial charge is 0.429 e. The molecule has 1 unspecified atom stereocenters. The molecule has 1 aromatic rings. The Labute approximate surface area is 62.4 Å². The van der Waals surface area contributed by atoms with Crippen LogP contribution in [0.2, 0.25) is 0 Å². The highest BCUT2D eigenvalue weighted by molar-refractivity contribution is 9.10. The zero-order chi connectivity index (χ0) is 6.85. The van der Waals surface area contributed by atoms with Crippen molar-refractivity contribution in [1.82, 2.24) is 4.98 Å². The van der Waals surface area contributed by atoms with E-state index in [1.807, 2.05) is 6.07 Å². The quantitative estimate of drug-likeness (QED) is 0.588. The second kappa shape index (κ2) is 2.47. The minimum Gasteiger partial charge on any atom is -0.429 e. The van der Waals surface area contributed by atoms with Gasteiger partial charge in [-0.2, -0.15) is 10.2 Å². The van der Waals surface area contributed by atoms with Crippen molar-refractivity contribution in [3.8, 4) is 6.07 Å². The van der Waals surface area contributed by atoms with Crippen molar-refractivity contribution < 1.29 is 4.42 Å². The van der Waals surface area contributed by atoms with Crippen LogP contribution in [0.1, 0.15) is 5.69 Å². The van der Waals surface area contributed by atoms with E-state index < -0.39 is 0 Å². The van der Waals surface area contributed by atoms with E-state index in [9.17, 15) is 0 Å². The number of halogens is 1. The van der Waals surface area contributed by atoms with Crippen LogP contribution in [0.4, 0.5) is 0 Å². The third-order valence-electron chi connectivity index (χ3n) is 0.708. The Bertz CT molecular complexity index is 264. The van der Waals surface area contributed by atoms with Gasteiger partial charge in [0.1, 0.15) is 6.07 Å². The SMILES string of the molecule is N#Cc1nc(P)oc1Br. The Morgan fingerprint density at radius 1 is 1.78 bits per heavy atom. The van der Waals surface area contributed by atoms with Crippen LogP contribution in [0, 0.1) is 11.3 Å². The molecule has 0 aliphatic carbocycles. The molecule has 3 nitrogen and oxygen atoms in total. The van der Waals surface area contributed by atoms with Crippen LogP contribution >= 0.6 is 25.2 Å². The average Bonchev–Trinajstić information content (AvgIpc) is 2.10. The Hall–Kier alpha value is -0.390. The second-order valence-electron chi connectivity index (χ2n) is 1.29. The smallest absolute Gasteiger partial charge is 0.212 e. The molecule has 0 aliphatic heterocycles. The summed E-state index contributed by atoms with van der Waals surface area (Å²) in [5, 5.41) is 8.32. The minimum atomic E-state index is 0.278. The lowest BCUT2D eigenvalue weighted by Gasteiger charge is -1.72. The standard InChI is InChI=1S/C4H2BrN2OP/c5-3-2(1-6)7-4(9)8-3/h9H2. The van der Waals surface area contributed by atoms with Crippen molar-refractivity contribution in [2.45, 2.75) is 0 Å². The molecule has 5 heteroatoms. The Kier molecular flexibility index (Phi) is 1.84. The fraction of sp³-hybridized carbons (Fsp3) is 0. The molecule has 0 radical (unpaired) electrons. The molecule has 1 aromatic heterocycles. The summed E-state index contributed by atoms with van der Waals surface area (Å²) >= 11 is 3.01. The van der Waals surface area contributed by atoms with E-state index in [-0.39, 0.29) is 5.69 Å². The van der Waals surface area contributed by atoms with Gasteiger partial charge >= 0.3 is 0 Å². The van der Waals surface area contributed by atoms with E-state index in [0.29, 0.717) is 10.3 Å². The van der Waals surface area contributed by atoms with Gasteiger partial charge in [-0.15, -0.1) is 0 Å². The molecular formula is C4H2BrN2OP. The van der Waals surface area contributed by atoms with Gasteiger partial charge in [0.15, 0.2) is 5.69 Å². The highest BCUT2D eigenvalue weighted by Crippen LogP contribution is 2.12. The van der Waals surface area contributed by atoms with Crippen molar-refractivity contribution in [2.24, 2.45) is 0 Å². The Balaban J connectivity index is 3.20. The van der Waals surface area contributed by atoms with Crippen LogP contribution in [0.15, 0.2) is 9.09 Å². The predicted molar refractivity (Wildman–Crippen MR) is 38.3 cm³/mol. The van der Waals surface area contributed by atoms with Crippen LogP contribution in [0.25, 0.3) is 0 Å². The average molecular weight is 205 g/mol. The summed E-state index contributed by atoms with van der Waals surface area (Å²) in [7, 11) is 2.25. The van der Waals surface area contributed by atoms with E-state index in [2.05, 4.69) is 30.2 Å². The number of oxazole rings is 1. The van der Waals surface area contributed by atoms with Crippen molar-refractivity contribution in [3.63, 3.8) is 0 Å². The van der Waals surface area contributed by atoms with Gasteiger partial charge in [0.2, 0.25) is 10.3 Å². The maximum absolute atomic E-state index is 8.32. The highest BCUT2D eigenvalue weighted by Gasteiger charge is 2.04. The zero-order valence-electron chi connectivity index (χ0n) is 4.26. The molecule has 9 heavy (non-hydrogen) atoms. The Morgan fingerprint density at radius 3 is 2.67 bits per heavy atom. The lowest BCUT2D eigenvalue weighted by atomic mass is 10.6. The van der Waals surface area contributed by atoms with Crippen molar-refractivity contribution in [1.29, 1.82) is 5.26 Å². The molecule has 0 aromatic carbocycles. The van der Waals surface area contributed by atoms with Gasteiger partial charge in [-0.3, -0.25) is 0 Å². The summed E-state index contributed by atoms with van der Waals surface area (Å²) in [6.45, 7) is 0. The Morgan fingerprint density at radius 2 is 2.44 bits per heavy atom. The van der Waals surface area contributed by atoms with Gasteiger partial charge in [-0.05, 0) is 25.2 Å². The first-order valence-corrected chi connectivity index (χ1v) is 3.43. The second-order valence-corrected chi connectivity index (χ2v) is 2.50. The number of nitriles is 1. The van der Waals surface area contributed by atoms with E-state index in [1.54, 1.807) is 0 Å². The lowest BCUT2D eigenvalue weighted by Crippen LogP contribution is -1.86. The lowest BCUT2D eigenvalue weighted by molar-refractivity contribution is 0.571. The normalized spacial score (nSPS) is 9.00. The molecule has 46 valence electrons. The molecule has 1 atom stereocenters. The van der Waals surface area contributed by atoms with Crippen LogP contribution in [0.3, 0.4) is 0 Å². The monoisotopic (exact) mass is 204 g/mol. The number of aromatic nitrogens is 1. The number of hydrogen-bond donors (Lipinski definition) is 0. The van der Waals surface area contributed by atoms with Gasteiger partial charge in [0.05, 0.1) is 0 Å². The third-order valence-corrected chi connectivity index (χ3v) is 1.49. The summed E-state index contributed by atoms with van der Waals surface area (Å²) in [4.78, 5) is 3.72. The molecule has 0 amide bonds. The highest BCUT2D eigenvalue weighted by atomic mass is 79.9. The molecule has 0 saturated heterocycles. The van der Waals surface area contributed by atoms with Crippen LogP contribution in [-0.4, -0.2) is 4.98 Å². The maximum Gasteiger partial charge on any atom is 0.212 e. The van der Waals surface area contributed by atoms with Crippen LogP contribution < -0.4 is 5.63 Å². The van der Waals surface area contributed by atoms with E-state index >= 15 is 0 Å². The molecule has 0 fully saturated rings. The molecule has 0 aliphatic rings. The van der Waals surface area contributed by atoms with E-state index in [0.717, 1.165) is 0 Å². The summed E-state index contributed by atoms with van der Waals surface area (Å²) in [5.74, 6) is 0. The van der Waals surface area contributed by atoms with Gasteiger partial charge in [0.25, 0.3) is 0 Å². The topological polar surface area (TPSA) is 49.8 Å². The van der Waals surface area contributed by atoms with Gasteiger partial charge in [0, 0.05) is 0 Å². The van der Waals surface area contributed by atoms with Gasteiger partial charge in [-0.25, -0.2) is 0 Å². The molecule has 1 heterocycles. The van der Waals surface area contributed by atoms with E-state index in [4.69, 9.17) is 9.68 Å². The fourth-order valence-electron chi connectivity index (χ4n) is 0.386. The van der Waals surface area contributed by atoms with E-state index in [1.165, 1.54) is 0 Å². The third kappa shape index (κ3) is 1.29.